The molecule has 3 N–H and O–H groups in total. The first-order chi connectivity index (χ1) is 9.15. The van der Waals surface area contributed by atoms with Crippen LogP contribution in [0.2, 0.25) is 0 Å². The number of hydrogen-bond donors (Lipinski definition) is 2. The average molecular weight is 259 g/mol. The summed E-state index contributed by atoms with van der Waals surface area (Å²) < 4.78 is 0. The number of nitrogens with one attached hydrogen (secondary N) is 1. The van der Waals surface area contributed by atoms with Crippen molar-refractivity contribution in [3.05, 3.63) is 18.3 Å². The van der Waals surface area contributed by atoms with E-state index >= 15 is 0 Å². The first kappa shape index (κ1) is 12.3. The van der Waals surface area contributed by atoms with E-state index in [0.29, 0.717) is 6.04 Å². The summed E-state index contributed by atoms with van der Waals surface area (Å²) in [6.07, 6.45) is 4.19. The molecule has 5 nitrogen and oxygen atoms in total. The molecule has 1 fully saturated rings. The van der Waals surface area contributed by atoms with E-state index in [9.17, 15) is 0 Å². The molecule has 1 aromatic carbocycles. The molecule has 2 aromatic rings. The number of benzene rings is 1. The third-order valence-electron chi connectivity index (χ3n) is 4.12. The van der Waals surface area contributed by atoms with Crippen molar-refractivity contribution in [3.63, 3.8) is 0 Å². The molecule has 0 amide bonds. The van der Waals surface area contributed by atoms with Crippen LogP contribution in [0.5, 0.6) is 0 Å². The Morgan fingerprint density at radius 1 is 1.32 bits per heavy atom. The highest BCUT2D eigenvalue weighted by Crippen LogP contribution is 2.30. The summed E-state index contributed by atoms with van der Waals surface area (Å²) in [6, 6.07) is 4.81. The maximum absolute atomic E-state index is 6.18. The van der Waals surface area contributed by atoms with Crippen LogP contribution in [-0.4, -0.2) is 48.3 Å². The minimum Gasteiger partial charge on any atom is -0.397 e. The Bertz CT molecular complexity index is 566. The van der Waals surface area contributed by atoms with E-state index in [4.69, 9.17) is 5.73 Å². The molecule has 1 saturated heterocycles. The lowest BCUT2D eigenvalue weighted by molar-refractivity contribution is 0.250. The van der Waals surface area contributed by atoms with Crippen molar-refractivity contribution in [2.45, 2.75) is 18.9 Å². The van der Waals surface area contributed by atoms with Gasteiger partial charge in [0.25, 0.3) is 0 Å². The second-order valence-corrected chi connectivity index (χ2v) is 5.55. The van der Waals surface area contributed by atoms with Gasteiger partial charge in [0.05, 0.1) is 23.1 Å². The smallest absolute Gasteiger partial charge is 0.0672 e. The van der Waals surface area contributed by atoms with Gasteiger partial charge in [-0.05, 0) is 39.1 Å². The summed E-state index contributed by atoms with van der Waals surface area (Å²) in [7, 11) is 4.32. The van der Waals surface area contributed by atoms with E-state index in [-0.39, 0.29) is 0 Å². The van der Waals surface area contributed by atoms with Gasteiger partial charge in [0.15, 0.2) is 0 Å². The molecule has 0 spiro atoms. The number of rotatable bonds is 2. The van der Waals surface area contributed by atoms with Crippen molar-refractivity contribution < 1.29 is 0 Å². The number of piperidine rings is 1. The lowest BCUT2D eigenvalue weighted by atomic mass is 10.0. The average Bonchev–Trinajstić information content (AvgIpc) is 2.85. The fraction of sp³-hybridized carbons (Fsp3) is 0.500. The summed E-state index contributed by atoms with van der Waals surface area (Å²) in [5, 5.41) is 8.14. The number of aromatic nitrogens is 2. The van der Waals surface area contributed by atoms with E-state index in [2.05, 4.69) is 40.2 Å². The minimum atomic E-state index is 0.688. The number of nitrogens with two attached hydrogens (primary N) is 1. The molecular formula is C14H21N5. The van der Waals surface area contributed by atoms with Crippen molar-refractivity contribution in [3.8, 4) is 0 Å². The van der Waals surface area contributed by atoms with Crippen molar-refractivity contribution >= 4 is 22.3 Å². The zero-order valence-electron chi connectivity index (χ0n) is 11.6. The second kappa shape index (κ2) is 4.74. The van der Waals surface area contributed by atoms with E-state index in [1.165, 1.54) is 12.8 Å². The highest BCUT2D eigenvalue weighted by Gasteiger charge is 2.22. The Morgan fingerprint density at radius 2 is 2.05 bits per heavy atom. The Balaban J connectivity index is 1.83. The number of nitrogen functional groups attached to an aromatic ring is 1. The maximum Gasteiger partial charge on any atom is 0.0672 e. The topological polar surface area (TPSA) is 61.2 Å². The zero-order valence-corrected chi connectivity index (χ0v) is 11.6. The monoisotopic (exact) mass is 259 g/mol. The zero-order chi connectivity index (χ0) is 13.4. The molecular weight excluding hydrogens is 238 g/mol. The van der Waals surface area contributed by atoms with Gasteiger partial charge in [-0.2, -0.15) is 5.10 Å². The third kappa shape index (κ3) is 2.26. The van der Waals surface area contributed by atoms with Gasteiger partial charge in [0.2, 0.25) is 0 Å². The Hall–Kier alpha value is -1.75. The molecule has 5 heteroatoms. The quantitative estimate of drug-likeness (QED) is 0.806. The third-order valence-corrected chi connectivity index (χ3v) is 4.12. The van der Waals surface area contributed by atoms with Crippen LogP contribution in [0.4, 0.5) is 11.4 Å². The largest absolute Gasteiger partial charge is 0.397 e. The summed E-state index contributed by atoms with van der Waals surface area (Å²) in [5.74, 6) is 0. The lowest BCUT2D eigenvalue weighted by Gasteiger charge is -2.37. The van der Waals surface area contributed by atoms with Gasteiger partial charge in [0.1, 0.15) is 0 Å². The molecule has 1 aromatic heterocycles. The van der Waals surface area contributed by atoms with E-state index in [1.54, 1.807) is 0 Å². The van der Waals surface area contributed by atoms with Crippen LogP contribution in [0.15, 0.2) is 18.3 Å². The lowest BCUT2D eigenvalue weighted by Crippen LogP contribution is -2.42. The van der Waals surface area contributed by atoms with Gasteiger partial charge in [-0.1, -0.05) is 0 Å². The predicted molar refractivity (Wildman–Crippen MR) is 79.4 cm³/mol. The molecule has 1 aliphatic rings. The summed E-state index contributed by atoms with van der Waals surface area (Å²) in [6.45, 7) is 2.12. The molecule has 0 saturated carbocycles. The molecule has 3 rings (SSSR count). The molecule has 0 bridgehead atoms. The summed E-state index contributed by atoms with van der Waals surface area (Å²) >= 11 is 0. The van der Waals surface area contributed by atoms with Crippen LogP contribution in [0.3, 0.4) is 0 Å². The van der Waals surface area contributed by atoms with E-state index in [1.807, 2.05) is 12.3 Å². The molecule has 0 radical (unpaired) electrons. The number of H-pyrrole nitrogens is 1. The number of fused-ring (bicyclic) bond motifs is 1. The van der Waals surface area contributed by atoms with Crippen LogP contribution >= 0.6 is 0 Å². The van der Waals surface area contributed by atoms with Gasteiger partial charge in [-0.25, -0.2) is 0 Å². The fourth-order valence-corrected chi connectivity index (χ4v) is 2.89. The van der Waals surface area contributed by atoms with E-state index < -0.39 is 0 Å². The standard InChI is InChI=1S/C14H21N5/c1-18(2)11-3-5-19(6-4-11)14-8-13-10(7-12(14)15)9-16-17-13/h7-9,11H,3-6,15H2,1-2H3,(H,16,17). The summed E-state index contributed by atoms with van der Waals surface area (Å²) in [4.78, 5) is 4.70. The molecule has 102 valence electrons. The highest BCUT2D eigenvalue weighted by atomic mass is 15.2. The van der Waals surface area contributed by atoms with Gasteiger partial charge in [-0.15, -0.1) is 0 Å². The van der Waals surface area contributed by atoms with E-state index in [0.717, 1.165) is 35.4 Å². The van der Waals surface area contributed by atoms with Crippen LogP contribution < -0.4 is 10.6 Å². The molecule has 0 aliphatic carbocycles. The van der Waals surface area contributed by atoms with Crippen molar-refractivity contribution in [1.29, 1.82) is 0 Å². The minimum absolute atomic E-state index is 0.688. The second-order valence-electron chi connectivity index (χ2n) is 5.55. The molecule has 2 heterocycles. The molecule has 1 aliphatic heterocycles. The van der Waals surface area contributed by atoms with Crippen LogP contribution in [0, 0.1) is 0 Å². The maximum atomic E-state index is 6.18. The first-order valence-electron chi connectivity index (χ1n) is 6.79. The van der Waals surface area contributed by atoms with Crippen LogP contribution in [-0.2, 0) is 0 Å². The highest BCUT2D eigenvalue weighted by molar-refractivity contribution is 5.88. The Morgan fingerprint density at radius 3 is 2.74 bits per heavy atom. The molecule has 0 atom stereocenters. The fourth-order valence-electron chi connectivity index (χ4n) is 2.89. The number of hydrogen-bond acceptors (Lipinski definition) is 4. The first-order valence-corrected chi connectivity index (χ1v) is 6.79. The van der Waals surface area contributed by atoms with Crippen molar-refractivity contribution in [2.75, 3.05) is 37.8 Å². The van der Waals surface area contributed by atoms with Crippen molar-refractivity contribution in [1.82, 2.24) is 15.1 Å². The molecule has 19 heavy (non-hydrogen) atoms. The normalized spacial score (nSPS) is 17.5. The van der Waals surface area contributed by atoms with Gasteiger partial charge >= 0.3 is 0 Å². The number of nitrogens with zero attached hydrogens (tertiary/aromatic N) is 3. The SMILES string of the molecule is CN(C)C1CCN(c2cc3[nH]ncc3cc2N)CC1. The Kier molecular flexibility index (Phi) is 3.06. The van der Waals surface area contributed by atoms with Crippen molar-refractivity contribution in [2.24, 2.45) is 0 Å². The molecule has 0 unspecified atom stereocenters. The number of aromatic amines is 1. The van der Waals surface area contributed by atoms with Gasteiger partial charge in [0, 0.05) is 24.5 Å². The summed E-state index contributed by atoms with van der Waals surface area (Å²) in [5.41, 5.74) is 9.21. The predicted octanol–water partition coefficient (Wildman–Crippen LogP) is 1.68. The number of anilines is 2. The van der Waals surface area contributed by atoms with Crippen LogP contribution in [0.25, 0.3) is 10.9 Å². The van der Waals surface area contributed by atoms with Gasteiger partial charge < -0.3 is 15.5 Å². The van der Waals surface area contributed by atoms with Crippen LogP contribution in [0.1, 0.15) is 12.8 Å². The van der Waals surface area contributed by atoms with Gasteiger partial charge in [-0.3, -0.25) is 5.10 Å². The Labute approximate surface area is 113 Å².